The Balaban J connectivity index is 3.12. The lowest BCUT2D eigenvalue weighted by atomic mass is 10.4. The molecule has 0 aromatic carbocycles. The van der Waals surface area contributed by atoms with Gasteiger partial charge in [0.1, 0.15) is 0 Å². The zero-order valence-corrected chi connectivity index (χ0v) is 6.68. The first-order chi connectivity index (χ1) is 5.31. The van der Waals surface area contributed by atoms with Crippen molar-refractivity contribution >= 4 is 5.91 Å². The summed E-state index contributed by atoms with van der Waals surface area (Å²) < 4.78 is 0. The first-order valence-corrected chi connectivity index (χ1v) is 3.65. The molecule has 0 aliphatic rings. The molecule has 0 aliphatic carbocycles. The van der Waals surface area contributed by atoms with Crippen molar-refractivity contribution in [2.24, 2.45) is 0 Å². The normalized spacial score (nSPS) is 8.73. The second kappa shape index (κ2) is 7.03. The van der Waals surface area contributed by atoms with Gasteiger partial charge in [0, 0.05) is 19.5 Å². The van der Waals surface area contributed by atoms with E-state index in [2.05, 4.69) is 10.6 Å². The summed E-state index contributed by atoms with van der Waals surface area (Å²) in [7, 11) is 0. The fourth-order valence-electron chi connectivity index (χ4n) is 0.632. The highest BCUT2D eigenvalue weighted by atomic mass is 16.1. The third-order valence-electron chi connectivity index (χ3n) is 1.11. The van der Waals surface area contributed by atoms with Crippen molar-refractivity contribution in [3.8, 4) is 6.07 Å². The zero-order valence-electron chi connectivity index (χ0n) is 6.68. The highest BCUT2D eigenvalue weighted by molar-refractivity contribution is 5.75. The highest BCUT2D eigenvalue weighted by Gasteiger charge is 1.96. The Morgan fingerprint density at radius 1 is 1.64 bits per heavy atom. The van der Waals surface area contributed by atoms with Gasteiger partial charge in [-0.3, -0.25) is 4.79 Å². The third-order valence-corrected chi connectivity index (χ3v) is 1.11. The standard InChI is InChI=1S/C7H13N3O/c1-2-10-7(11)3-5-9-6-4-8/h9H,2-3,5-6H2,1H3,(H,10,11). The van der Waals surface area contributed by atoms with E-state index in [1.54, 1.807) is 0 Å². The summed E-state index contributed by atoms with van der Waals surface area (Å²) in [4.78, 5) is 10.8. The SMILES string of the molecule is CCNC(=O)CCNCC#N. The Kier molecular flexibility index (Phi) is 6.34. The average molecular weight is 155 g/mol. The first-order valence-electron chi connectivity index (χ1n) is 3.65. The molecule has 0 saturated heterocycles. The van der Waals surface area contributed by atoms with Gasteiger partial charge in [-0.25, -0.2) is 0 Å². The van der Waals surface area contributed by atoms with Crippen molar-refractivity contribution in [2.45, 2.75) is 13.3 Å². The van der Waals surface area contributed by atoms with E-state index in [1.807, 2.05) is 13.0 Å². The Labute approximate surface area is 66.6 Å². The molecule has 4 nitrogen and oxygen atoms in total. The van der Waals surface area contributed by atoms with Crippen molar-refractivity contribution in [3.63, 3.8) is 0 Å². The Morgan fingerprint density at radius 3 is 2.91 bits per heavy atom. The average Bonchev–Trinajstić information content (AvgIpc) is 1.99. The van der Waals surface area contributed by atoms with Crippen LogP contribution in [0.4, 0.5) is 0 Å². The molecular formula is C7H13N3O. The fraction of sp³-hybridized carbons (Fsp3) is 0.714. The Hall–Kier alpha value is -1.08. The van der Waals surface area contributed by atoms with Crippen LogP contribution in [0.15, 0.2) is 0 Å². The van der Waals surface area contributed by atoms with Gasteiger partial charge in [-0.1, -0.05) is 0 Å². The lowest BCUT2D eigenvalue weighted by Gasteiger charge is -2.00. The quantitative estimate of drug-likeness (QED) is 0.420. The number of hydrogen-bond donors (Lipinski definition) is 2. The smallest absolute Gasteiger partial charge is 0.221 e. The number of nitriles is 1. The van der Waals surface area contributed by atoms with Crippen LogP contribution in [0.25, 0.3) is 0 Å². The zero-order chi connectivity index (χ0) is 8.53. The van der Waals surface area contributed by atoms with Gasteiger partial charge in [-0.15, -0.1) is 0 Å². The van der Waals surface area contributed by atoms with Crippen molar-refractivity contribution in [1.82, 2.24) is 10.6 Å². The van der Waals surface area contributed by atoms with Crippen LogP contribution in [0.1, 0.15) is 13.3 Å². The van der Waals surface area contributed by atoms with Gasteiger partial charge >= 0.3 is 0 Å². The van der Waals surface area contributed by atoms with Crippen LogP contribution < -0.4 is 10.6 Å². The predicted molar refractivity (Wildman–Crippen MR) is 41.8 cm³/mol. The number of amides is 1. The lowest BCUT2D eigenvalue weighted by Crippen LogP contribution is -2.27. The molecule has 1 amide bonds. The molecule has 0 aromatic heterocycles. The molecule has 11 heavy (non-hydrogen) atoms. The van der Waals surface area contributed by atoms with E-state index in [0.29, 0.717) is 26.1 Å². The molecule has 0 fully saturated rings. The first kappa shape index (κ1) is 9.92. The minimum atomic E-state index is 0.0259. The highest BCUT2D eigenvalue weighted by Crippen LogP contribution is 1.75. The number of nitrogens with zero attached hydrogens (tertiary/aromatic N) is 1. The van der Waals surface area contributed by atoms with Gasteiger partial charge < -0.3 is 10.6 Å². The molecule has 0 unspecified atom stereocenters. The Morgan fingerprint density at radius 2 is 2.36 bits per heavy atom. The number of carbonyl (C=O) groups excluding carboxylic acids is 1. The summed E-state index contributed by atoms with van der Waals surface area (Å²) in [5, 5.41) is 13.6. The van der Waals surface area contributed by atoms with Gasteiger partial charge in [0.2, 0.25) is 5.91 Å². The molecule has 4 heteroatoms. The maximum atomic E-state index is 10.8. The predicted octanol–water partition coefficient (Wildman–Crippen LogP) is -0.374. The molecule has 0 aliphatic heterocycles. The van der Waals surface area contributed by atoms with E-state index in [1.165, 1.54) is 0 Å². The molecule has 0 heterocycles. The van der Waals surface area contributed by atoms with Crippen molar-refractivity contribution < 1.29 is 4.79 Å². The molecule has 0 radical (unpaired) electrons. The van der Waals surface area contributed by atoms with Gasteiger partial charge in [-0.2, -0.15) is 5.26 Å². The summed E-state index contributed by atoms with van der Waals surface area (Å²) in [5.41, 5.74) is 0. The van der Waals surface area contributed by atoms with E-state index in [-0.39, 0.29) is 5.91 Å². The molecule has 0 spiro atoms. The molecule has 62 valence electrons. The van der Waals surface area contributed by atoms with E-state index >= 15 is 0 Å². The molecule has 0 bridgehead atoms. The van der Waals surface area contributed by atoms with E-state index in [9.17, 15) is 4.79 Å². The summed E-state index contributed by atoms with van der Waals surface area (Å²) in [6.45, 7) is 3.41. The number of hydrogen-bond acceptors (Lipinski definition) is 3. The van der Waals surface area contributed by atoms with Crippen molar-refractivity contribution in [3.05, 3.63) is 0 Å². The maximum Gasteiger partial charge on any atom is 0.221 e. The van der Waals surface area contributed by atoms with E-state index in [0.717, 1.165) is 0 Å². The minimum absolute atomic E-state index is 0.0259. The van der Waals surface area contributed by atoms with Crippen LogP contribution in [-0.2, 0) is 4.79 Å². The molecule has 2 N–H and O–H groups in total. The summed E-state index contributed by atoms with van der Waals surface area (Å²) >= 11 is 0. The van der Waals surface area contributed by atoms with Gasteiger partial charge in [0.15, 0.2) is 0 Å². The van der Waals surface area contributed by atoms with E-state index < -0.39 is 0 Å². The topological polar surface area (TPSA) is 64.9 Å². The minimum Gasteiger partial charge on any atom is -0.356 e. The second-order valence-electron chi connectivity index (χ2n) is 2.04. The van der Waals surface area contributed by atoms with Crippen molar-refractivity contribution in [2.75, 3.05) is 19.6 Å². The summed E-state index contributed by atoms with van der Waals surface area (Å²) in [6, 6.07) is 1.93. The van der Waals surface area contributed by atoms with Crippen LogP contribution >= 0.6 is 0 Å². The fourth-order valence-corrected chi connectivity index (χ4v) is 0.632. The maximum absolute atomic E-state index is 10.8. The van der Waals surface area contributed by atoms with Crippen LogP contribution in [-0.4, -0.2) is 25.5 Å². The molecule has 0 aromatic rings. The molecule has 0 atom stereocenters. The number of rotatable bonds is 5. The molecular weight excluding hydrogens is 142 g/mol. The molecule has 0 rings (SSSR count). The van der Waals surface area contributed by atoms with Gasteiger partial charge in [-0.05, 0) is 6.92 Å². The van der Waals surface area contributed by atoms with E-state index in [4.69, 9.17) is 5.26 Å². The van der Waals surface area contributed by atoms with Crippen LogP contribution in [0.3, 0.4) is 0 Å². The van der Waals surface area contributed by atoms with Gasteiger partial charge in [0.25, 0.3) is 0 Å². The molecule has 0 saturated carbocycles. The second-order valence-corrected chi connectivity index (χ2v) is 2.04. The monoisotopic (exact) mass is 155 g/mol. The Bertz CT molecular complexity index is 150. The third kappa shape index (κ3) is 6.81. The number of carbonyl (C=O) groups is 1. The van der Waals surface area contributed by atoms with Crippen molar-refractivity contribution in [1.29, 1.82) is 5.26 Å². The lowest BCUT2D eigenvalue weighted by molar-refractivity contribution is -0.120. The summed E-state index contributed by atoms with van der Waals surface area (Å²) in [6.07, 6.45) is 0.440. The largest absolute Gasteiger partial charge is 0.356 e. The van der Waals surface area contributed by atoms with Gasteiger partial charge in [0.05, 0.1) is 12.6 Å². The summed E-state index contributed by atoms with van der Waals surface area (Å²) in [5.74, 6) is 0.0259. The van der Waals surface area contributed by atoms with Crippen LogP contribution in [0.5, 0.6) is 0 Å². The number of nitrogens with one attached hydrogen (secondary N) is 2. The van der Waals surface area contributed by atoms with Crippen LogP contribution in [0.2, 0.25) is 0 Å². The van der Waals surface area contributed by atoms with Crippen LogP contribution in [0, 0.1) is 11.3 Å².